The van der Waals surface area contributed by atoms with Crippen LogP contribution in [0.4, 0.5) is 5.69 Å². The second-order valence-corrected chi connectivity index (χ2v) is 9.11. The highest BCUT2D eigenvalue weighted by molar-refractivity contribution is 5.82. The Morgan fingerprint density at radius 2 is 1.70 bits per heavy atom. The number of benzene rings is 2. The molecule has 2 fully saturated rings. The molecule has 2 aliphatic heterocycles. The highest BCUT2D eigenvalue weighted by Crippen LogP contribution is 2.26. The summed E-state index contributed by atoms with van der Waals surface area (Å²) in [5, 5.41) is 0. The Bertz CT molecular complexity index is 862. The first kappa shape index (κ1) is 20.9. The Labute approximate surface area is 180 Å². The van der Waals surface area contributed by atoms with Crippen LogP contribution in [0.1, 0.15) is 55.8 Å². The minimum atomic E-state index is -0.169. The number of anilines is 1. The standard InChI is InChI=1S/C25H34N4O/c1-17(2)20-7-9-21(10-8-20)23-15-24(27-26-23)25(30)28-13-14-29(19(4)16-28)22-11-5-18(3)6-12-22/h5-12,17,19,23-24,26-27H,13-16H2,1-4H3. The van der Waals surface area contributed by atoms with Crippen LogP contribution in [-0.4, -0.2) is 42.5 Å². The molecule has 0 saturated carbocycles. The van der Waals surface area contributed by atoms with Gasteiger partial charge in [-0.15, -0.1) is 0 Å². The highest BCUT2D eigenvalue weighted by atomic mass is 16.2. The quantitative estimate of drug-likeness (QED) is 0.812. The minimum absolute atomic E-state index is 0.169. The summed E-state index contributed by atoms with van der Waals surface area (Å²) in [7, 11) is 0. The van der Waals surface area contributed by atoms with Gasteiger partial charge >= 0.3 is 0 Å². The van der Waals surface area contributed by atoms with Gasteiger partial charge in [-0.25, -0.2) is 10.9 Å². The number of carbonyl (C=O) groups is 1. The molecule has 2 aromatic rings. The van der Waals surface area contributed by atoms with Gasteiger partial charge in [-0.05, 0) is 49.4 Å². The molecule has 5 nitrogen and oxygen atoms in total. The lowest BCUT2D eigenvalue weighted by Gasteiger charge is -2.42. The summed E-state index contributed by atoms with van der Waals surface area (Å²) in [6.07, 6.45) is 0.784. The van der Waals surface area contributed by atoms with Gasteiger partial charge in [-0.3, -0.25) is 4.79 Å². The van der Waals surface area contributed by atoms with E-state index in [0.717, 1.165) is 26.1 Å². The fraction of sp³-hybridized carbons (Fsp3) is 0.480. The van der Waals surface area contributed by atoms with E-state index in [1.807, 2.05) is 4.90 Å². The van der Waals surface area contributed by atoms with Crippen LogP contribution in [0.3, 0.4) is 0 Å². The number of carbonyl (C=O) groups excluding carboxylic acids is 1. The molecular formula is C25H34N4O. The SMILES string of the molecule is Cc1ccc(N2CCN(C(=O)C3CC(c4ccc(C(C)C)cc4)NN3)CC2C)cc1. The lowest BCUT2D eigenvalue weighted by Crippen LogP contribution is -2.57. The van der Waals surface area contributed by atoms with E-state index in [1.165, 1.54) is 22.4 Å². The minimum Gasteiger partial charge on any atom is -0.365 e. The lowest BCUT2D eigenvalue weighted by molar-refractivity contribution is -0.134. The first-order chi connectivity index (χ1) is 14.4. The molecule has 5 heteroatoms. The smallest absolute Gasteiger partial charge is 0.241 e. The molecule has 0 bridgehead atoms. The van der Waals surface area contributed by atoms with E-state index in [-0.39, 0.29) is 18.0 Å². The fourth-order valence-electron chi connectivity index (χ4n) is 4.55. The predicted molar refractivity (Wildman–Crippen MR) is 123 cm³/mol. The van der Waals surface area contributed by atoms with Gasteiger partial charge in [0.15, 0.2) is 0 Å². The topological polar surface area (TPSA) is 47.6 Å². The van der Waals surface area contributed by atoms with Crippen molar-refractivity contribution in [2.45, 2.75) is 58.2 Å². The van der Waals surface area contributed by atoms with Gasteiger partial charge in [0.25, 0.3) is 0 Å². The monoisotopic (exact) mass is 406 g/mol. The van der Waals surface area contributed by atoms with Crippen LogP contribution in [0.25, 0.3) is 0 Å². The summed E-state index contributed by atoms with van der Waals surface area (Å²) < 4.78 is 0. The van der Waals surface area contributed by atoms with Crippen molar-refractivity contribution in [3.63, 3.8) is 0 Å². The van der Waals surface area contributed by atoms with Gasteiger partial charge in [0.2, 0.25) is 5.91 Å². The summed E-state index contributed by atoms with van der Waals surface area (Å²) in [6, 6.07) is 17.7. The molecule has 3 unspecified atom stereocenters. The van der Waals surface area contributed by atoms with E-state index in [0.29, 0.717) is 12.0 Å². The molecule has 2 aromatic carbocycles. The normalized spacial score (nSPS) is 24.5. The molecule has 2 saturated heterocycles. The van der Waals surface area contributed by atoms with Crippen molar-refractivity contribution in [3.8, 4) is 0 Å². The Morgan fingerprint density at radius 3 is 2.33 bits per heavy atom. The van der Waals surface area contributed by atoms with E-state index in [4.69, 9.17) is 0 Å². The van der Waals surface area contributed by atoms with Gasteiger partial charge in [0.1, 0.15) is 6.04 Å². The summed E-state index contributed by atoms with van der Waals surface area (Å²) in [4.78, 5) is 17.6. The number of nitrogens with one attached hydrogen (secondary N) is 2. The molecule has 0 spiro atoms. The lowest BCUT2D eigenvalue weighted by atomic mass is 9.97. The van der Waals surface area contributed by atoms with Crippen molar-refractivity contribution in [1.29, 1.82) is 0 Å². The molecule has 0 radical (unpaired) electrons. The van der Waals surface area contributed by atoms with Gasteiger partial charge in [0, 0.05) is 37.4 Å². The number of hydrogen-bond donors (Lipinski definition) is 2. The molecule has 0 aliphatic carbocycles. The van der Waals surface area contributed by atoms with Crippen molar-refractivity contribution in [2.24, 2.45) is 0 Å². The van der Waals surface area contributed by atoms with Gasteiger partial charge in [0.05, 0.1) is 0 Å². The average molecular weight is 407 g/mol. The maximum absolute atomic E-state index is 13.2. The van der Waals surface area contributed by atoms with Crippen molar-refractivity contribution in [3.05, 3.63) is 65.2 Å². The zero-order valence-electron chi connectivity index (χ0n) is 18.6. The molecule has 1 amide bonds. The summed E-state index contributed by atoms with van der Waals surface area (Å²) in [5.41, 5.74) is 11.7. The Balaban J connectivity index is 1.34. The zero-order valence-corrected chi connectivity index (χ0v) is 18.6. The molecule has 3 atom stereocenters. The fourth-order valence-corrected chi connectivity index (χ4v) is 4.55. The molecule has 2 aliphatic rings. The first-order valence-electron chi connectivity index (χ1n) is 11.2. The third kappa shape index (κ3) is 4.37. The molecule has 30 heavy (non-hydrogen) atoms. The summed E-state index contributed by atoms with van der Waals surface area (Å²) >= 11 is 0. The second-order valence-electron chi connectivity index (χ2n) is 9.11. The van der Waals surface area contributed by atoms with E-state index < -0.39 is 0 Å². The molecule has 2 N–H and O–H groups in total. The van der Waals surface area contributed by atoms with E-state index in [9.17, 15) is 4.79 Å². The third-order valence-electron chi connectivity index (χ3n) is 6.51. The van der Waals surface area contributed by atoms with Crippen LogP contribution >= 0.6 is 0 Å². The van der Waals surface area contributed by atoms with Crippen LogP contribution in [0.15, 0.2) is 48.5 Å². The van der Waals surface area contributed by atoms with Gasteiger partial charge in [-0.2, -0.15) is 0 Å². The highest BCUT2D eigenvalue weighted by Gasteiger charge is 2.35. The maximum atomic E-state index is 13.2. The van der Waals surface area contributed by atoms with Crippen molar-refractivity contribution < 1.29 is 4.79 Å². The molecule has 160 valence electrons. The second kappa shape index (κ2) is 8.78. The Hall–Kier alpha value is -2.37. The van der Waals surface area contributed by atoms with E-state index in [1.54, 1.807) is 0 Å². The molecule has 0 aromatic heterocycles. The number of nitrogens with zero attached hydrogens (tertiary/aromatic N) is 2. The average Bonchev–Trinajstić information content (AvgIpc) is 3.24. The number of hydrogen-bond acceptors (Lipinski definition) is 4. The van der Waals surface area contributed by atoms with E-state index in [2.05, 4.69) is 92.0 Å². The zero-order chi connectivity index (χ0) is 21.3. The van der Waals surface area contributed by atoms with E-state index >= 15 is 0 Å². The van der Waals surface area contributed by atoms with Gasteiger partial charge < -0.3 is 9.80 Å². The molecule has 4 rings (SSSR count). The number of aryl methyl sites for hydroxylation is 1. The predicted octanol–water partition coefficient (Wildman–Crippen LogP) is 3.76. The Morgan fingerprint density at radius 1 is 1.00 bits per heavy atom. The largest absolute Gasteiger partial charge is 0.365 e. The number of amides is 1. The molecule has 2 heterocycles. The van der Waals surface area contributed by atoms with Crippen LogP contribution in [0.2, 0.25) is 0 Å². The summed E-state index contributed by atoms with van der Waals surface area (Å²) in [6.45, 7) is 11.1. The van der Waals surface area contributed by atoms with Crippen LogP contribution in [-0.2, 0) is 4.79 Å². The van der Waals surface area contributed by atoms with Crippen LogP contribution < -0.4 is 15.8 Å². The number of piperazine rings is 1. The van der Waals surface area contributed by atoms with Crippen molar-refractivity contribution >= 4 is 11.6 Å². The molecular weight excluding hydrogens is 372 g/mol. The van der Waals surface area contributed by atoms with Gasteiger partial charge in [-0.1, -0.05) is 55.8 Å². The van der Waals surface area contributed by atoms with Crippen molar-refractivity contribution in [1.82, 2.24) is 15.8 Å². The van der Waals surface area contributed by atoms with Crippen molar-refractivity contribution in [2.75, 3.05) is 24.5 Å². The maximum Gasteiger partial charge on any atom is 0.241 e. The number of rotatable bonds is 4. The first-order valence-corrected chi connectivity index (χ1v) is 11.2. The Kier molecular flexibility index (Phi) is 6.11. The van der Waals surface area contributed by atoms with Crippen LogP contribution in [0.5, 0.6) is 0 Å². The summed E-state index contributed by atoms with van der Waals surface area (Å²) in [5.74, 6) is 0.739. The van der Waals surface area contributed by atoms with Crippen LogP contribution in [0, 0.1) is 6.92 Å². The number of hydrazine groups is 1. The third-order valence-corrected chi connectivity index (χ3v) is 6.51.